The van der Waals surface area contributed by atoms with Crippen molar-refractivity contribution in [2.75, 3.05) is 30.8 Å². The summed E-state index contributed by atoms with van der Waals surface area (Å²) in [6.07, 6.45) is 2.13. The van der Waals surface area contributed by atoms with E-state index in [1.54, 1.807) is 18.2 Å². The van der Waals surface area contributed by atoms with Gasteiger partial charge in [0.1, 0.15) is 0 Å². The summed E-state index contributed by atoms with van der Waals surface area (Å²) >= 11 is 0. The van der Waals surface area contributed by atoms with Crippen LogP contribution in [-0.2, 0) is 5.41 Å². The smallest absolute Gasteiger partial charge is 0.255 e. The molecule has 6 nitrogen and oxygen atoms in total. The number of hydrogen-bond donors (Lipinski definition) is 3. The maximum absolute atomic E-state index is 12.7. The predicted molar refractivity (Wildman–Crippen MR) is 122 cm³/mol. The summed E-state index contributed by atoms with van der Waals surface area (Å²) in [5.41, 5.74) is 9.06. The van der Waals surface area contributed by atoms with Crippen molar-refractivity contribution in [2.24, 2.45) is 5.73 Å². The number of anilines is 2. The summed E-state index contributed by atoms with van der Waals surface area (Å²) in [5, 5.41) is 6.37. The Morgan fingerprint density at radius 3 is 2.40 bits per heavy atom. The molecule has 1 heterocycles. The minimum Gasteiger partial charge on any atom is -0.380 e. The minimum atomic E-state index is -0.489. The van der Waals surface area contributed by atoms with E-state index in [0.717, 1.165) is 25.9 Å². The molecule has 0 saturated carbocycles. The molecule has 0 radical (unpaired) electrons. The van der Waals surface area contributed by atoms with Gasteiger partial charge in [0.2, 0.25) is 0 Å². The third-order valence-electron chi connectivity index (χ3n) is 5.54. The van der Waals surface area contributed by atoms with Gasteiger partial charge < -0.3 is 21.3 Å². The highest BCUT2D eigenvalue weighted by Gasteiger charge is 2.20. The highest BCUT2D eigenvalue weighted by atomic mass is 16.2. The van der Waals surface area contributed by atoms with Crippen molar-refractivity contribution < 1.29 is 9.59 Å². The Kier molecular flexibility index (Phi) is 6.46. The van der Waals surface area contributed by atoms with Crippen LogP contribution in [0.3, 0.4) is 0 Å². The molecule has 1 atom stereocenters. The molecule has 0 aromatic heterocycles. The maximum Gasteiger partial charge on any atom is 0.255 e. The zero-order valence-corrected chi connectivity index (χ0v) is 18.3. The molecule has 1 saturated heterocycles. The zero-order valence-electron chi connectivity index (χ0n) is 18.3. The second-order valence-electron chi connectivity index (χ2n) is 9.15. The molecule has 160 valence electrons. The fourth-order valence-corrected chi connectivity index (χ4v) is 3.79. The van der Waals surface area contributed by atoms with Crippen LogP contribution in [-0.4, -0.2) is 42.9 Å². The molecule has 0 aliphatic carbocycles. The largest absolute Gasteiger partial charge is 0.380 e. The number of benzene rings is 2. The first-order valence-corrected chi connectivity index (χ1v) is 10.4. The van der Waals surface area contributed by atoms with E-state index in [1.165, 1.54) is 5.56 Å². The first kappa shape index (κ1) is 21.8. The van der Waals surface area contributed by atoms with Crippen molar-refractivity contribution >= 4 is 23.2 Å². The second kappa shape index (κ2) is 8.88. The van der Waals surface area contributed by atoms with Gasteiger partial charge in [0.25, 0.3) is 11.8 Å². The Labute approximate surface area is 178 Å². The van der Waals surface area contributed by atoms with Gasteiger partial charge in [-0.05, 0) is 67.7 Å². The summed E-state index contributed by atoms with van der Waals surface area (Å²) in [4.78, 5) is 26.9. The molecule has 0 spiro atoms. The van der Waals surface area contributed by atoms with Gasteiger partial charge in [0.15, 0.2) is 0 Å². The Hall–Kier alpha value is -2.86. The van der Waals surface area contributed by atoms with Gasteiger partial charge in [0.05, 0.1) is 5.56 Å². The van der Waals surface area contributed by atoms with Gasteiger partial charge in [-0.15, -0.1) is 0 Å². The number of rotatable bonds is 5. The van der Waals surface area contributed by atoms with Crippen molar-refractivity contribution in [2.45, 2.75) is 45.1 Å². The fraction of sp³-hybridized carbons (Fsp3) is 0.417. The van der Waals surface area contributed by atoms with Crippen LogP contribution in [0, 0.1) is 0 Å². The lowest BCUT2D eigenvalue weighted by Crippen LogP contribution is -2.40. The van der Waals surface area contributed by atoms with E-state index >= 15 is 0 Å². The molecule has 30 heavy (non-hydrogen) atoms. The SMILES string of the molecule is CN1CCCC(Nc2cc(NC(=O)c3ccc(C(C)(C)C)cc3)ccc2C(N)=O)C1. The number of nitrogens with zero attached hydrogens (tertiary/aromatic N) is 1. The fourth-order valence-electron chi connectivity index (χ4n) is 3.79. The van der Waals surface area contributed by atoms with Crippen LogP contribution in [0.25, 0.3) is 0 Å². The van der Waals surface area contributed by atoms with Gasteiger partial charge in [-0.1, -0.05) is 32.9 Å². The number of hydrogen-bond acceptors (Lipinski definition) is 4. The lowest BCUT2D eigenvalue weighted by atomic mass is 9.87. The highest BCUT2D eigenvalue weighted by Crippen LogP contribution is 2.25. The van der Waals surface area contributed by atoms with Gasteiger partial charge >= 0.3 is 0 Å². The van der Waals surface area contributed by atoms with Crippen molar-refractivity contribution in [1.29, 1.82) is 0 Å². The zero-order chi connectivity index (χ0) is 21.9. The van der Waals surface area contributed by atoms with E-state index < -0.39 is 5.91 Å². The van der Waals surface area contributed by atoms with Crippen LogP contribution in [0.4, 0.5) is 11.4 Å². The summed E-state index contributed by atoms with van der Waals surface area (Å²) in [7, 11) is 2.09. The molecule has 4 N–H and O–H groups in total. The molecule has 3 rings (SSSR count). The lowest BCUT2D eigenvalue weighted by molar-refractivity contribution is 0.0998. The van der Waals surface area contributed by atoms with Crippen LogP contribution < -0.4 is 16.4 Å². The van der Waals surface area contributed by atoms with Crippen LogP contribution >= 0.6 is 0 Å². The monoisotopic (exact) mass is 408 g/mol. The molecule has 2 amide bonds. The van der Waals surface area contributed by atoms with Crippen molar-refractivity contribution in [1.82, 2.24) is 4.90 Å². The number of carbonyl (C=O) groups excluding carboxylic acids is 2. The maximum atomic E-state index is 12.7. The Morgan fingerprint density at radius 2 is 1.80 bits per heavy atom. The Balaban J connectivity index is 1.77. The molecular weight excluding hydrogens is 376 g/mol. The van der Waals surface area contributed by atoms with Crippen molar-refractivity contribution in [3.8, 4) is 0 Å². The quantitative estimate of drug-likeness (QED) is 0.701. The number of amides is 2. The summed E-state index contributed by atoms with van der Waals surface area (Å²) in [6.45, 7) is 8.39. The summed E-state index contributed by atoms with van der Waals surface area (Å²) < 4.78 is 0. The Bertz CT molecular complexity index is 916. The molecule has 1 fully saturated rings. The number of likely N-dealkylation sites (N-methyl/N-ethyl adjacent to an activating group) is 1. The molecule has 1 aliphatic heterocycles. The van der Waals surface area contributed by atoms with E-state index in [4.69, 9.17) is 5.73 Å². The molecule has 6 heteroatoms. The first-order valence-electron chi connectivity index (χ1n) is 10.4. The average Bonchev–Trinajstić information content (AvgIpc) is 2.67. The standard InChI is InChI=1S/C24H32N4O2/c1-24(2,3)17-9-7-16(8-10-17)23(30)27-18-11-12-20(22(25)29)21(14-18)26-19-6-5-13-28(4)15-19/h7-12,14,19,26H,5-6,13,15H2,1-4H3,(H2,25,29)(H,27,30). The number of carbonyl (C=O) groups is 2. The summed E-state index contributed by atoms with van der Waals surface area (Å²) in [5.74, 6) is -0.678. The van der Waals surface area contributed by atoms with E-state index in [2.05, 4.69) is 43.4 Å². The average molecular weight is 409 g/mol. The van der Waals surface area contributed by atoms with Crippen molar-refractivity contribution in [3.05, 3.63) is 59.2 Å². The number of likely N-dealkylation sites (tertiary alicyclic amines) is 1. The minimum absolute atomic E-state index is 0.0351. The topological polar surface area (TPSA) is 87.5 Å². The number of piperidine rings is 1. The molecule has 1 aliphatic rings. The number of nitrogens with one attached hydrogen (secondary N) is 2. The third kappa shape index (κ3) is 5.39. The van der Waals surface area contributed by atoms with Crippen LogP contribution in [0.2, 0.25) is 0 Å². The predicted octanol–water partition coefficient (Wildman–Crippen LogP) is 3.84. The van der Waals surface area contributed by atoms with Crippen molar-refractivity contribution in [3.63, 3.8) is 0 Å². The third-order valence-corrected chi connectivity index (χ3v) is 5.54. The lowest BCUT2D eigenvalue weighted by Gasteiger charge is -2.31. The number of primary amides is 1. The van der Waals surface area contributed by atoms with Gasteiger partial charge in [0, 0.05) is 29.5 Å². The van der Waals surface area contributed by atoms with Crippen LogP contribution in [0.5, 0.6) is 0 Å². The summed E-state index contributed by atoms with van der Waals surface area (Å²) in [6, 6.07) is 13.0. The van der Waals surface area contributed by atoms with Gasteiger partial charge in [-0.2, -0.15) is 0 Å². The normalized spacial score (nSPS) is 17.4. The van der Waals surface area contributed by atoms with E-state index in [1.807, 2.05) is 24.3 Å². The van der Waals surface area contributed by atoms with E-state index in [-0.39, 0.29) is 17.4 Å². The Morgan fingerprint density at radius 1 is 1.10 bits per heavy atom. The first-order chi connectivity index (χ1) is 14.1. The molecule has 2 aromatic rings. The highest BCUT2D eigenvalue weighted by molar-refractivity contribution is 6.05. The van der Waals surface area contributed by atoms with Crippen LogP contribution in [0.15, 0.2) is 42.5 Å². The van der Waals surface area contributed by atoms with E-state index in [0.29, 0.717) is 22.5 Å². The second-order valence-corrected chi connectivity index (χ2v) is 9.15. The molecule has 0 bridgehead atoms. The van der Waals surface area contributed by atoms with Gasteiger partial charge in [-0.3, -0.25) is 9.59 Å². The molecule has 1 unspecified atom stereocenters. The molecular formula is C24H32N4O2. The van der Waals surface area contributed by atoms with Crippen LogP contribution in [0.1, 0.15) is 59.9 Å². The molecule has 2 aromatic carbocycles. The van der Waals surface area contributed by atoms with Gasteiger partial charge in [-0.25, -0.2) is 0 Å². The number of nitrogens with two attached hydrogens (primary N) is 1. The van der Waals surface area contributed by atoms with E-state index in [9.17, 15) is 9.59 Å².